The Bertz CT molecular complexity index is 845. The summed E-state index contributed by atoms with van der Waals surface area (Å²) in [5.41, 5.74) is 4.43. The molecule has 0 fully saturated rings. The van der Waals surface area contributed by atoms with Gasteiger partial charge in [-0.15, -0.1) is 0 Å². The molecule has 3 aromatic rings. The van der Waals surface area contributed by atoms with Gasteiger partial charge < -0.3 is 10.2 Å². The highest BCUT2D eigenvalue weighted by Gasteiger charge is 2.12. The molecule has 0 spiro atoms. The summed E-state index contributed by atoms with van der Waals surface area (Å²) in [5, 5.41) is 2.91. The Morgan fingerprint density at radius 3 is 2.40 bits per heavy atom. The monoisotopic (exact) mass is 331 g/mol. The highest BCUT2D eigenvalue weighted by atomic mass is 16.1. The standard InChI is InChI=1S/C21H21N3O/c1-3-24(19-7-5-4-6-8-19)20-13-17(14-22-15-20)21(25)23-18-11-9-16(2)10-12-18/h4-15H,3H2,1-2H3,(H,23,25). The fraction of sp³-hybridized carbons (Fsp3) is 0.143. The number of para-hydroxylation sites is 1. The summed E-state index contributed by atoms with van der Waals surface area (Å²) in [7, 11) is 0. The van der Waals surface area contributed by atoms with Crippen LogP contribution in [0.25, 0.3) is 0 Å². The minimum absolute atomic E-state index is 0.165. The predicted molar refractivity (Wildman–Crippen MR) is 102 cm³/mol. The molecular weight excluding hydrogens is 310 g/mol. The van der Waals surface area contributed by atoms with Crippen molar-refractivity contribution in [2.24, 2.45) is 0 Å². The first kappa shape index (κ1) is 16.7. The van der Waals surface area contributed by atoms with E-state index in [2.05, 4.69) is 22.1 Å². The van der Waals surface area contributed by atoms with Gasteiger partial charge in [-0.3, -0.25) is 9.78 Å². The van der Waals surface area contributed by atoms with Gasteiger partial charge in [0.1, 0.15) is 0 Å². The van der Waals surface area contributed by atoms with Gasteiger partial charge in [-0.25, -0.2) is 0 Å². The van der Waals surface area contributed by atoms with Crippen LogP contribution in [0.3, 0.4) is 0 Å². The van der Waals surface area contributed by atoms with Crippen LogP contribution in [0.5, 0.6) is 0 Å². The number of benzene rings is 2. The number of amides is 1. The van der Waals surface area contributed by atoms with Crippen molar-refractivity contribution in [2.75, 3.05) is 16.8 Å². The Morgan fingerprint density at radius 1 is 1.00 bits per heavy atom. The van der Waals surface area contributed by atoms with Gasteiger partial charge in [-0.1, -0.05) is 35.9 Å². The van der Waals surface area contributed by atoms with E-state index < -0.39 is 0 Å². The third kappa shape index (κ3) is 4.04. The molecule has 0 atom stereocenters. The zero-order valence-corrected chi connectivity index (χ0v) is 14.4. The number of aromatic nitrogens is 1. The van der Waals surface area contributed by atoms with Crippen LogP contribution in [0.2, 0.25) is 0 Å². The van der Waals surface area contributed by atoms with Crippen LogP contribution in [0.15, 0.2) is 73.1 Å². The van der Waals surface area contributed by atoms with E-state index in [0.717, 1.165) is 29.2 Å². The summed E-state index contributed by atoms with van der Waals surface area (Å²) >= 11 is 0. The number of anilines is 3. The third-order valence-corrected chi connectivity index (χ3v) is 3.99. The van der Waals surface area contributed by atoms with Gasteiger partial charge in [0.15, 0.2) is 0 Å². The van der Waals surface area contributed by atoms with Crippen LogP contribution in [0, 0.1) is 6.92 Å². The normalized spacial score (nSPS) is 10.3. The van der Waals surface area contributed by atoms with Crippen molar-refractivity contribution in [1.29, 1.82) is 0 Å². The molecule has 2 aromatic carbocycles. The lowest BCUT2D eigenvalue weighted by atomic mass is 10.2. The van der Waals surface area contributed by atoms with Crippen LogP contribution in [0.4, 0.5) is 17.1 Å². The maximum absolute atomic E-state index is 12.5. The Labute approximate surface area is 148 Å². The van der Waals surface area contributed by atoms with Gasteiger partial charge in [0.05, 0.1) is 17.4 Å². The number of rotatable bonds is 5. The molecule has 0 unspecified atom stereocenters. The Balaban J connectivity index is 1.83. The van der Waals surface area contributed by atoms with Gasteiger partial charge in [0.25, 0.3) is 5.91 Å². The SMILES string of the molecule is CCN(c1ccccc1)c1cncc(C(=O)Nc2ccc(C)cc2)c1. The maximum Gasteiger partial charge on any atom is 0.257 e. The molecule has 0 radical (unpaired) electrons. The van der Waals surface area contributed by atoms with E-state index in [1.165, 1.54) is 0 Å². The zero-order valence-electron chi connectivity index (χ0n) is 14.4. The molecule has 0 saturated carbocycles. The number of hydrogen-bond acceptors (Lipinski definition) is 3. The van der Waals surface area contributed by atoms with Crippen LogP contribution in [0.1, 0.15) is 22.8 Å². The molecule has 25 heavy (non-hydrogen) atoms. The minimum atomic E-state index is -0.165. The van der Waals surface area contributed by atoms with E-state index in [-0.39, 0.29) is 5.91 Å². The van der Waals surface area contributed by atoms with Crippen molar-refractivity contribution >= 4 is 23.0 Å². The van der Waals surface area contributed by atoms with Gasteiger partial charge in [-0.2, -0.15) is 0 Å². The molecule has 1 N–H and O–H groups in total. The average molecular weight is 331 g/mol. The number of nitrogens with zero attached hydrogens (tertiary/aromatic N) is 2. The fourth-order valence-corrected chi connectivity index (χ4v) is 2.66. The highest BCUT2D eigenvalue weighted by molar-refractivity contribution is 6.04. The smallest absolute Gasteiger partial charge is 0.257 e. The zero-order chi connectivity index (χ0) is 17.6. The molecule has 1 amide bonds. The number of aryl methyl sites for hydroxylation is 1. The van der Waals surface area contributed by atoms with Crippen molar-refractivity contribution in [3.63, 3.8) is 0 Å². The van der Waals surface area contributed by atoms with Crippen LogP contribution in [-0.2, 0) is 0 Å². The van der Waals surface area contributed by atoms with E-state index in [4.69, 9.17) is 0 Å². The van der Waals surface area contributed by atoms with Crippen molar-refractivity contribution in [3.05, 3.63) is 84.2 Å². The van der Waals surface area contributed by atoms with Gasteiger partial charge in [-0.05, 0) is 44.2 Å². The quantitative estimate of drug-likeness (QED) is 0.730. The van der Waals surface area contributed by atoms with E-state index in [0.29, 0.717) is 5.56 Å². The van der Waals surface area contributed by atoms with E-state index >= 15 is 0 Å². The van der Waals surface area contributed by atoms with Crippen molar-refractivity contribution in [2.45, 2.75) is 13.8 Å². The molecule has 0 saturated heterocycles. The summed E-state index contributed by atoms with van der Waals surface area (Å²) in [6, 6.07) is 19.7. The number of nitrogens with one attached hydrogen (secondary N) is 1. The molecule has 0 aliphatic heterocycles. The molecule has 0 aliphatic rings. The van der Waals surface area contributed by atoms with Gasteiger partial charge in [0.2, 0.25) is 0 Å². The van der Waals surface area contributed by atoms with E-state index in [1.54, 1.807) is 12.4 Å². The maximum atomic E-state index is 12.5. The first-order valence-corrected chi connectivity index (χ1v) is 8.33. The lowest BCUT2D eigenvalue weighted by Gasteiger charge is -2.23. The molecule has 1 aromatic heterocycles. The molecular formula is C21H21N3O. The lowest BCUT2D eigenvalue weighted by Crippen LogP contribution is -2.18. The van der Waals surface area contributed by atoms with Crippen molar-refractivity contribution in [1.82, 2.24) is 4.98 Å². The van der Waals surface area contributed by atoms with Gasteiger partial charge in [0, 0.05) is 24.1 Å². The minimum Gasteiger partial charge on any atom is -0.340 e. The molecule has 0 bridgehead atoms. The number of carbonyl (C=O) groups excluding carboxylic acids is 1. The molecule has 126 valence electrons. The fourth-order valence-electron chi connectivity index (χ4n) is 2.66. The number of carbonyl (C=O) groups is 1. The number of pyridine rings is 1. The topological polar surface area (TPSA) is 45.2 Å². The first-order chi connectivity index (χ1) is 12.2. The molecule has 1 heterocycles. The summed E-state index contributed by atoms with van der Waals surface area (Å²) in [4.78, 5) is 18.9. The van der Waals surface area contributed by atoms with Crippen LogP contribution < -0.4 is 10.2 Å². The second kappa shape index (κ2) is 7.62. The summed E-state index contributed by atoms with van der Waals surface area (Å²) in [5.74, 6) is -0.165. The summed E-state index contributed by atoms with van der Waals surface area (Å²) in [6.07, 6.45) is 3.37. The predicted octanol–water partition coefficient (Wildman–Crippen LogP) is 4.80. The second-order valence-electron chi connectivity index (χ2n) is 5.83. The lowest BCUT2D eigenvalue weighted by molar-refractivity contribution is 0.102. The summed E-state index contributed by atoms with van der Waals surface area (Å²) in [6.45, 7) is 4.88. The summed E-state index contributed by atoms with van der Waals surface area (Å²) < 4.78 is 0. The molecule has 3 rings (SSSR count). The molecule has 4 nitrogen and oxygen atoms in total. The highest BCUT2D eigenvalue weighted by Crippen LogP contribution is 2.25. The second-order valence-corrected chi connectivity index (χ2v) is 5.83. The average Bonchev–Trinajstić information content (AvgIpc) is 2.65. The third-order valence-electron chi connectivity index (χ3n) is 3.99. The molecule has 0 aliphatic carbocycles. The largest absolute Gasteiger partial charge is 0.340 e. The van der Waals surface area contributed by atoms with E-state index in [9.17, 15) is 4.79 Å². The first-order valence-electron chi connectivity index (χ1n) is 8.33. The van der Waals surface area contributed by atoms with Crippen molar-refractivity contribution < 1.29 is 4.79 Å². The number of hydrogen-bond donors (Lipinski definition) is 1. The Kier molecular flexibility index (Phi) is 5.09. The van der Waals surface area contributed by atoms with Gasteiger partial charge >= 0.3 is 0 Å². The Morgan fingerprint density at radius 2 is 1.72 bits per heavy atom. The molecule has 4 heteroatoms. The Hall–Kier alpha value is -3.14. The van der Waals surface area contributed by atoms with Crippen LogP contribution >= 0.6 is 0 Å². The van der Waals surface area contributed by atoms with E-state index in [1.807, 2.05) is 67.6 Å². The van der Waals surface area contributed by atoms with Crippen LogP contribution in [-0.4, -0.2) is 17.4 Å². The van der Waals surface area contributed by atoms with Crippen molar-refractivity contribution in [3.8, 4) is 0 Å².